The van der Waals surface area contributed by atoms with Gasteiger partial charge in [-0.05, 0) is 18.1 Å². The molecule has 0 saturated heterocycles. The van der Waals surface area contributed by atoms with Gasteiger partial charge in [-0.25, -0.2) is 8.42 Å². The van der Waals surface area contributed by atoms with E-state index in [1.807, 2.05) is 42.5 Å². The van der Waals surface area contributed by atoms with E-state index < -0.39 is 9.84 Å². The number of benzene rings is 2. The summed E-state index contributed by atoms with van der Waals surface area (Å²) in [6.45, 7) is 0. The van der Waals surface area contributed by atoms with Crippen molar-refractivity contribution >= 4 is 15.9 Å². The summed E-state index contributed by atoms with van der Waals surface area (Å²) in [6.07, 6.45) is 5.78. The van der Waals surface area contributed by atoms with Crippen molar-refractivity contribution in [3.8, 4) is 11.5 Å². The van der Waals surface area contributed by atoms with E-state index in [1.54, 1.807) is 6.07 Å². The Bertz CT molecular complexity index is 793. The molecule has 0 saturated carbocycles. The molecule has 2 rings (SSSR count). The number of hydrogen-bond donors (Lipinski definition) is 0. The standard InChI is InChI=1S/C18H20O4S/c1-21-16-13-18(23(3,19)20)17(22-2)12-15(16)11-7-10-14-8-5-4-6-9-14/h4-10,12-13H,11H2,1-3H3. The van der Waals surface area contributed by atoms with Crippen molar-refractivity contribution in [3.63, 3.8) is 0 Å². The Labute approximate surface area is 137 Å². The van der Waals surface area contributed by atoms with Gasteiger partial charge in [-0.1, -0.05) is 42.5 Å². The van der Waals surface area contributed by atoms with Crippen molar-refractivity contribution in [1.82, 2.24) is 0 Å². The molecule has 0 unspecified atom stereocenters. The van der Waals surface area contributed by atoms with Crippen LogP contribution in [0, 0.1) is 0 Å². The van der Waals surface area contributed by atoms with E-state index in [2.05, 4.69) is 0 Å². The summed E-state index contributed by atoms with van der Waals surface area (Å²) in [7, 11) is -0.397. The van der Waals surface area contributed by atoms with Crippen LogP contribution in [0.3, 0.4) is 0 Å². The van der Waals surface area contributed by atoms with Crippen LogP contribution in [0.2, 0.25) is 0 Å². The zero-order valence-electron chi connectivity index (χ0n) is 13.4. The van der Waals surface area contributed by atoms with Crippen LogP contribution in [0.25, 0.3) is 6.08 Å². The number of allylic oxidation sites excluding steroid dienone is 1. The largest absolute Gasteiger partial charge is 0.496 e. The van der Waals surface area contributed by atoms with Gasteiger partial charge in [-0.15, -0.1) is 0 Å². The van der Waals surface area contributed by atoms with E-state index in [0.717, 1.165) is 17.4 Å². The van der Waals surface area contributed by atoms with Crippen LogP contribution >= 0.6 is 0 Å². The molecular weight excluding hydrogens is 312 g/mol. The highest BCUT2D eigenvalue weighted by atomic mass is 32.2. The third kappa shape index (κ3) is 4.36. The predicted molar refractivity (Wildman–Crippen MR) is 91.8 cm³/mol. The van der Waals surface area contributed by atoms with Crippen molar-refractivity contribution in [3.05, 3.63) is 59.7 Å². The molecule has 0 heterocycles. The van der Waals surface area contributed by atoms with E-state index in [-0.39, 0.29) is 4.90 Å². The molecule has 23 heavy (non-hydrogen) atoms. The highest BCUT2D eigenvalue weighted by molar-refractivity contribution is 7.90. The number of hydrogen-bond acceptors (Lipinski definition) is 4. The minimum Gasteiger partial charge on any atom is -0.496 e. The van der Waals surface area contributed by atoms with Gasteiger partial charge in [0.15, 0.2) is 9.84 Å². The molecule has 0 aliphatic rings. The molecule has 5 heteroatoms. The fraction of sp³-hybridized carbons (Fsp3) is 0.222. The number of sulfone groups is 1. The van der Waals surface area contributed by atoms with Gasteiger partial charge < -0.3 is 9.47 Å². The molecule has 0 fully saturated rings. The first-order valence-corrected chi connectivity index (χ1v) is 9.01. The normalized spacial score (nSPS) is 11.6. The van der Waals surface area contributed by atoms with Crippen LogP contribution in [0.4, 0.5) is 0 Å². The van der Waals surface area contributed by atoms with Crippen LogP contribution in [0.15, 0.2) is 53.4 Å². The average Bonchev–Trinajstić information content (AvgIpc) is 2.54. The quantitative estimate of drug-likeness (QED) is 0.814. The Morgan fingerprint density at radius 2 is 1.65 bits per heavy atom. The monoisotopic (exact) mass is 332 g/mol. The smallest absolute Gasteiger partial charge is 0.179 e. The van der Waals surface area contributed by atoms with Crippen molar-refractivity contribution in [1.29, 1.82) is 0 Å². The van der Waals surface area contributed by atoms with Crippen molar-refractivity contribution < 1.29 is 17.9 Å². The summed E-state index contributed by atoms with van der Waals surface area (Å²) < 4.78 is 34.2. The van der Waals surface area contributed by atoms with Crippen molar-refractivity contribution in [2.75, 3.05) is 20.5 Å². The second kappa shape index (κ2) is 7.33. The first kappa shape index (κ1) is 17.1. The molecule has 0 bridgehead atoms. The summed E-state index contributed by atoms with van der Waals surface area (Å²) >= 11 is 0. The lowest BCUT2D eigenvalue weighted by Gasteiger charge is -2.13. The molecule has 0 aromatic heterocycles. The highest BCUT2D eigenvalue weighted by Gasteiger charge is 2.18. The van der Waals surface area contributed by atoms with Crippen molar-refractivity contribution in [2.24, 2.45) is 0 Å². The minimum atomic E-state index is -3.38. The summed E-state index contributed by atoms with van der Waals surface area (Å²) in [6, 6.07) is 13.2. The van der Waals surface area contributed by atoms with Gasteiger partial charge in [-0.3, -0.25) is 0 Å². The molecule has 2 aromatic carbocycles. The number of rotatable bonds is 6. The van der Waals surface area contributed by atoms with Gasteiger partial charge in [0.1, 0.15) is 16.4 Å². The van der Waals surface area contributed by atoms with Crippen LogP contribution in [0.1, 0.15) is 11.1 Å². The summed E-state index contributed by atoms with van der Waals surface area (Å²) in [4.78, 5) is 0.132. The average molecular weight is 332 g/mol. The van der Waals surface area contributed by atoms with Gasteiger partial charge in [-0.2, -0.15) is 0 Å². The summed E-state index contributed by atoms with van der Waals surface area (Å²) in [5, 5.41) is 0. The van der Waals surface area contributed by atoms with Gasteiger partial charge in [0.25, 0.3) is 0 Å². The summed E-state index contributed by atoms with van der Waals surface area (Å²) in [5.74, 6) is 0.861. The Morgan fingerprint density at radius 1 is 1.00 bits per heavy atom. The topological polar surface area (TPSA) is 52.6 Å². The molecule has 0 aliphatic carbocycles. The van der Waals surface area contributed by atoms with Gasteiger partial charge >= 0.3 is 0 Å². The third-order valence-electron chi connectivity index (χ3n) is 3.41. The SMILES string of the molecule is COc1cc(S(C)(=O)=O)c(OC)cc1CC=Cc1ccccc1. The van der Waals surface area contributed by atoms with E-state index in [1.165, 1.54) is 20.3 Å². The molecule has 0 radical (unpaired) electrons. The van der Waals surface area contributed by atoms with Crippen LogP contribution < -0.4 is 9.47 Å². The number of methoxy groups -OCH3 is 2. The molecule has 0 aliphatic heterocycles. The van der Waals surface area contributed by atoms with E-state index in [9.17, 15) is 8.42 Å². The lowest BCUT2D eigenvalue weighted by Crippen LogP contribution is -2.03. The van der Waals surface area contributed by atoms with Crippen molar-refractivity contribution in [2.45, 2.75) is 11.3 Å². The maximum Gasteiger partial charge on any atom is 0.179 e. The molecule has 2 aromatic rings. The molecular formula is C18H20O4S. The lowest BCUT2D eigenvalue weighted by atomic mass is 10.1. The first-order valence-electron chi connectivity index (χ1n) is 7.12. The van der Waals surface area contributed by atoms with Crippen LogP contribution in [-0.2, 0) is 16.3 Å². The molecule has 0 atom stereocenters. The Hall–Kier alpha value is -2.27. The highest BCUT2D eigenvalue weighted by Crippen LogP contribution is 2.32. The molecule has 0 amide bonds. The maximum atomic E-state index is 11.8. The summed E-state index contributed by atoms with van der Waals surface area (Å²) in [5.41, 5.74) is 1.97. The van der Waals surface area contributed by atoms with Gasteiger partial charge in [0, 0.05) is 17.9 Å². The minimum absolute atomic E-state index is 0.132. The molecule has 4 nitrogen and oxygen atoms in total. The zero-order valence-corrected chi connectivity index (χ0v) is 14.3. The number of ether oxygens (including phenoxy) is 2. The van der Waals surface area contributed by atoms with Gasteiger partial charge in [0.05, 0.1) is 14.2 Å². The zero-order chi connectivity index (χ0) is 16.9. The van der Waals surface area contributed by atoms with Crippen LogP contribution in [0.5, 0.6) is 11.5 Å². The Balaban J connectivity index is 2.33. The third-order valence-corrected chi connectivity index (χ3v) is 4.53. The second-order valence-corrected chi connectivity index (χ2v) is 7.09. The van der Waals surface area contributed by atoms with E-state index >= 15 is 0 Å². The molecule has 0 N–H and O–H groups in total. The van der Waals surface area contributed by atoms with Crippen LogP contribution in [-0.4, -0.2) is 28.9 Å². The lowest BCUT2D eigenvalue weighted by molar-refractivity contribution is 0.389. The Morgan fingerprint density at radius 3 is 2.22 bits per heavy atom. The van der Waals surface area contributed by atoms with E-state index in [4.69, 9.17) is 9.47 Å². The fourth-order valence-electron chi connectivity index (χ4n) is 2.27. The maximum absolute atomic E-state index is 11.8. The van der Waals surface area contributed by atoms with Gasteiger partial charge in [0.2, 0.25) is 0 Å². The fourth-order valence-corrected chi connectivity index (χ4v) is 3.10. The van der Waals surface area contributed by atoms with E-state index in [0.29, 0.717) is 17.9 Å². The molecule has 0 spiro atoms. The predicted octanol–water partition coefficient (Wildman–Crippen LogP) is 3.36. The second-order valence-electron chi connectivity index (χ2n) is 5.10. The Kier molecular flexibility index (Phi) is 5.45. The first-order chi connectivity index (χ1) is 11.0. The molecule has 122 valence electrons.